The van der Waals surface area contributed by atoms with Crippen LogP contribution in [0.4, 0.5) is 8.78 Å². The van der Waals surface area contributed by atoms with Gasteiger partial charge in [0, 0.05) is 28.4 Å². The molecule has 0 aliphatic rings. The van der Waals surface area contributed by atoms with Crippen molar-refractivity contribution < 1.29 is 8.78 Å². The summed E-state index contributed by atoms with van der Waals surface area (Å²) in [6, 6.07) is 13.7. The topological polar surface area (TPSA) is 17.0 Å². The van der Waals surface area contributed by atoms with E-state index >= 15 is 0 Å². The molecule has 0 saturated carbocycles. The fourth-order valence-electron chi connectivity index (χ4n) is 2.75. The Balaban J connectivity index is 2.29. The summed E-state index contributed by atoms with van der Waals surface area (Å²) in [5, 5.41) is 5.17. The smallest absolute Gasteiger partial charge is 0.256 e. The molecule has 0 fully saturated rings. The molecule has 0 amide bonds. The molecule has 0 atom stereocenters. The van der Waals surface area contributed by atoms with Crippen molar-refractivity contribution in [3.8, 4) is 0 Å². The van der Waals surface area contributed by atoms with Crippen molar-refractivity contribution in [3.63, 3.8) is 0 Å². The maximum Gasteiger partial charge on any atom is 0.256 e. The first-order chi connectivity index (χ1) is 9.70. The highest BCUT2D eigenvalue weighted by molar-refractivity contribution is 6.08. The van der Waals surface area contributed by atoms with Gasteiger partial charge in [0.1, 0.15) is 0 Å². The van der Waals surface area contributed by atoms with Crippen LogP contribution in [-0.4, -0.2) is 18.0 Å². The normalized spacial score (nSPS) is 11.8. The van der Waals surface area contributed by atoms with Crippen LogP contribution in [-0.2, 0) is 13.1 Å². The monoisotopic (exact) mass is 274 g/mol. The molecular weight excluding hydrogens is 258 g/mol. The SMILES string of the molecule is CNCc1ccc2c(c1)c1ccccc1n2CC(F)F. The average Bonchev–Trinajstić information content (AvgIpc) is 2.73. The van der Waals surface area contributed by atoms with Crippen LogP contribution in [0, 0.1) is 0 Å². The molecule has 0 spiro atoms. The lowest BCUT2D eigenvalue weighted by molar-refractivity contribution is 0.129. The number of aromatic nitrogens is 1. The van der Waals surface area contributed by atoms with Gasteiger partial charge in [-0.15, -0.1) is 0 Å². The van der Waals surface area contributed by atoms with Gasteiger partial charge in [-0.3, -0.25) is 0 Å². The Labute approximate surface area is 116 Å². The highest BCUT2D eigenvalue weighted by atomic mass is 19.3. The van der Waals surface area contributed by atoms with Crippen LogP contribution in [0.1, 0.15) is 5.56 Å². The number of benzene rings is 2. The lowest BCUT2D eigenvalue weighted by atomic mass is 10.1. The molecule has 0 radical (unpaired) electrons. The second kappa shape index (κ2) is 5.21. The largest absolute Gasteiger partial charge is 0.335 e. The summed E-state index contributed by atoms with van der Waals surface area (Å²) < 4.78 is 27.4. The summed E-state index contributed by atoms with van der Waals surface area (Å²) in [6.45, 7) is 0.500. The van der Waals surface area contributed by atoms with Crippen LogP contribution < -0.4 is 5.32 Å². The predicted octanol–water partition coefficient (Wildman–Crippen LogP) is 3.78. The van der Waals surface area contributed by atoms with Gasteiger partial charge in [-0.1, -0.05) is 24.3 Å². The second-order valence-electron chi connectivity index (χ2n) is 4.90. The Bertz CT molecular complexity index is 747. The number of hydrogen-bond donors (Lipinski definition) is 1. The van der Waals surface area contributed by atoms with Gasteiger partial charge in [0.25, 0.3) is 6.43 Å². The summed E-state index contributed by atoms with van der Waals surface area (Å²) in [5.41, 5.74) is 2.88. The molecular formula is C16H16F2N2. The summed E-state index contributed by atoms with van der Waals surface area (Å²) >= 11 is 0. The van der Waals surface area contributed by atoms with E-state index in [4.69, 9.17) is 0 Å². The zero-order valence-electron chi connectivity index (χ0n) is 11.2. The predicted molar refractivity (Wildman–Crippen MR) is 78.2 cm³/mol. The Morgan fingerprint density at radius 3 is 2.55 bits per heavy atom. The molecule has 3 rings (SSSR count). The van der Waals surface area contributed by atoms with Gasteiger partial charge in [-0.25, -0.2) is 8.78 Å². The Kier molecular flexibility index (Phi) is 3.40. The van der Waals surface area contributed by atoms with E-state index in [1.54, 1.807) is 4.57 Å². The number of nitrogens with zero attached hydrogens (tertiary/aromatic N) is 1. The van der Waals surface area contributed by atoms with Gasteiger partial charge in [0.05, 0.1) is 6.54 Å². The Hall–Kier alpha value is -1.94. The maximum atomic E-state index is 12.8. The van der Waals surface area contributed by atoms with E-state index in [9.17, 15) is 8.78 Å². The molecule has 3 aromatic rings. The van der Waals surface area contributed by atoms with Crippen molar-refractivity contribution in [2.24, 2.45) is 0 Å². The molecule has 104 valence electrons. The van der Waals surface area contributed by atoms with E-state index in [2.05, 4.69) is 11.4 Å². The molecule has 2 nitrogen and oxygen atoms in total. The third-order valence-corrected chi connectivity index (χ3v) is 3.54. The van der Waals surface area contributed by atoms with Crippen molar-refractivity contribution in [1.82, 2.24) is 9.88 Å². The zero-order chi connectivity index (χ0) is 14.1. The van der Waals surface area contributed by atoms with E-state index in [0.717, 1.165) is 33.9 Å². The molecule has 1 N–H and O–H groups in total. The standard InChI is InChI=1S/C16H16F2N2/c1-19-9-11-6-7-15-13(8-11)12-4-2-3-5-14(12)20(15)10-16(17)18/h2-8,16,19H,9-10H2,1H3. The quantitative estimate of drug-likeness (QED) is 0.766. The lowest BCUT2D eigenvalue weighted by Crippen LogP contribution is -2.06. The molecule has 0 unspecified atom stereocenters. The molecule has 0 aliphatic heterocycles. The molecule has 0 saturated heterocycles. The van der Waals surface area contributed by atoms with Crippen LogP contribution in [0.2, 0.25) is 0 Å². The van der Waals surface area contributed by atoms with Crippen LogP contribution >= 0.6 is 0 Å². The van der Waals surface area contributed by atoms with Crippen molar-refractivity contribution >= 4 is 21.8 Å². The maximum absolute atomic E-state index is 12.8. The molecule has 1 heterocycles. The first-order valence-electron chi connectivity index (χ1n) is 6.63. The van der Waals surface area contributed by atoms with E-state index in [-0.39, 0.29) is 6.54 Å². The average molecular weight is 274 g/mol. The highest BCUT2D eigenvalue weighted by Crippen LogP contribution is 2.30. The number of fused-ring (bicyclic) bond motifs is 3. The number of para-hydroxylation sites is 1. The van der Waals surface area contributed by atoms with E-state index < -0.39 is 6.43 Å². The van der Waals surface area contributed by atoms with Crippen LogP contribution in [0.15, 0.2) is 42.5 Å². The number of nitrogens with one attached hydrogen (secondary N) is 1. The van der Waals surface area contributed by atoms with Gasteiger partial charge in [0.2, 0.25) is 0 Å². The zero-order valence-corrected chi connectivity index (χ0v) is 11.2. The highest BCUT2D eigenvalue weighted by Gasteiger charge is 2.13. The fourth-order valence-corrected chi connectivity index (χ4v) is 2.75. The molecule has 4 heteroatoms. The lowest BCUT2D eigenvalue weighted by Gasteiger charge is -2.06. The van der Waals surface area contributed by atoms with Crippen LogP contribution in [0.5, 0.6) is 0 Å². The molecule has 0 aliphatic carbocycles. The van der Waals surface area contributed by atoms with Crippen molar-refractivity contribution in [3.05, 3.63) is 48.0 Å². The summed E-state index contributed by atoms with van der Waals surface area (Å²) in [4.78, 5) is 0. The minimum absolute atomic E-state index is 0.268. The fraction of sp³-hybridized carbons (Fsp3) is 0.250. The Morgan fingerprint density at radius 2 is 1.80 bits per heavy atom. The van der Waals surface area contributed by atoms with E-state index in [1.807, 2.05) is 43.4 Å². The summed E-state index contributed by atoms with van der Waals surface area (Å²) in [7, 11) is 1.89. The summed E-state index contributed by atoms with van der Waals surface area (Å²) in [6.07, 6.45) is -2.36. The van der Waals surface area contributed by atoms with Gasteiger partial charge in [0.15, 0.2) is 0 Å². The minimum atomic E-state index is -2.36. The van der Waals surface area contributed by atoms with E-state index in [0.29, 0.717) is 0 Å². The number of halogens is 2. The van der Waals surface area contributed by atoms with Crippen molar-refractivity contribution in [2.45, 2.75) is 19.5 Å². The van der Waals surface area contributed by atoms with Gasteiger partial charge >= 0.3 is 0 Å². The van der Waals surface area contributed by atoms with Crippen molar-refractivity contribution in [2.75, 3.05) is 7.05 Å². The number of alkyl halides is 2. The third kappa shape index (κ3) is 2.16. The van der Waals surface area contributed by atoms with Gasteiger partial charge in [-0.2, -0.15) is 0 Å². The number of rotatable bonds is 4. The van der Waals surface area contributed by atoms with Crippen LogP contribution in [0.3, 0.4) is 0 Å². The van der Waals surface area contributed by atoms with Crippen LogP contribution in [0.25, 0.3) is 21.8 Å². The van der Waals surface area contributed by atoms with E-state index in [1.165, 1.54) is 0 Å². The molecule has 20 heavy (non-hydrogen) atoms. The molecule has 2 aromatic carbocycles. The van der Waals surface area contributed by atoms with Gasteiger partial charge in [-0.05, 0) is 30.8 Å². The first kappa shape index (κ1) is 13.1. The Morgan fingerprint density at radius 1 is 1.05 bits per heavy atom. The summed E-state index contributed by atoms with van der Waals surface area (Å²) in [5.74, 6) is 0. The second-order valence-corrected chi connectivity index (χ2v) is 4.90. The molecule has 1 aromatic heterocycles. The first-order valence-corrected chi connectivity index (χ1v) is 6.63. The number of hydrogen-bond acceptors (Lipinski definition) is 1. The molecule has 0 bridgehead atoms. The third-order valence-electron chi connectivity index (χ3n) is 3.54. The minimum Gasteiger partial charge on any atom is -0.335 e. The van der Waals surface area contributed by atoms with Gasteiger partial charge < -0.3 is 9.88 Å². The van der Waals surface area contributed by atoms with Crippen molar-refractivity contribution in [1.29, 1.82) is 0 Å².